The quantitative estimate of drug-likeness (QED) is 0.795. The minimum absolute atomic E-state index is 0.0104. The molecule has 0 spiro atoms. The molecule has 0 bridgehead atoms. The predicted octanol–water partition coefficient (Wildman–Crippen LogP) is 2.56. The number of hydrogen-bond acceptors (Lipinski definition) is 3. The number of alkyl halides is 3. The molecular weight excluding hydrogens is 359 g/mol. The van der Waals surface area contributed by atoms with Crippen LogP contribution in [0, 0.1) is 0 Å². The molecule has 0 aromatic rings. The maximum atomic E-state index is 13.2. The second kappa shape index (κ2) is 7.44. The molecule has 0 saturated carbocycles. The van der Waals surface area contributed by atoms with E-state index in [0.29, 0.717) is 13.0 Å². The summed E-state index contributed by atoms with van der Waals surface area (Å²) in [7, 11) is 3.33. The first-order valence-electron chi connectivity index (χ1n) is 9.20. The zero-order chi connectivity index (χ0) is 19.8. The van der Waals surface area contributed by atoms with Crippen LogP contribution in [0.15, 0.2) is 28.5 Å². The van der Waals surface area contributed by atoms with Gasteiger partial charge < -0.3 is 20.0 Å². The van der Waals surface area contributed by atoms with Crippen molar-refractivity contribution < 1.29 is 18.0 Å². The van der Waals surface area contributed by atoms with Gasteiger partial charge in [-0.2, -0.15) is 13.2 Å². The molecule has 0 aromatic heterocycles. The van der Waals surface area contributed by atoms with Crippen LogP contribution >= 0.6 is 0 Å². The van der Waals surface area contributed by atoms with Crippen LogP contribution in [0.5, 0.6) is 0 Å². The van der Waals surface area contributed by atoms with Crippen LogP contribution in [-0.2, 0) is 0 Å². The van der Waals surface area contributed by atoms with Crippen molar-refractivity contribution >= 4 is 11.9 Å². The molecule has 2 amide bonds. The van der Waals surface area contributed by atoms with Gasteiger partial charge in [0.25, 0.3) is 0 Å². The number of carbonyl (C=O) groups is 1. The second-order valence-corrected chi connectivity index (χ2v) is 7.22. The number of likely N-dealkylation sites (tertiary alicyclic amines) is 2. The summed E-state index contributed by atoms with van der Waals surface area (Å²) in [6.07, 6.45) is 0.529. The van der Waals surface area contributed by atoms with Crippen LogP contribution in [0.3, 0.4) is 0 Å². The number of amides is 2. The summed E-state index contributed by atoms with van der Waals surface area (Å²) in [6.45, 7) is 3.53. The fraction of sp³-hybridized carbons (Fsp3) is 0.667. The van der Waals surface area contributed by atoms with Crippen molar-refractivity contribution in [2.45, 2.75) is 44.4 Å². The standard InChI is InChI=1S/C18H26F3N5O/c1-12(14-6-8-23-16(14)22-2)25-10-7-13(11-25)24(3)17(27)26-9-4-5-15(26)18(19,20)21/h6,8,13,15H,4-5,7,9-11H2,1-3H3,(H,22,23)/b14-12+/t13-,15?/m1/s1. The zero-order valence-corrected chi connectivity index (χ0v) is 15.9. The third-order valence-corrected chi connectivity index (χ3v) is 5.70. The van der Waals surface area contributed by atoms with E-state index in [1.165, 1.54) is 4.90 Å². The molecule has 1 N–H and O–H groups in total. The lowest BCUT2D eigenvalue weighted by molar-refractivity contribution is -0.170. The van der Waals surface area contributed by atoms with Crippen LogP contribution in [0.4, 0.5) is 18.0 Å². The Morgan fingerprint density at radius 1 is 1.33 bits per heavy atom. The molecule has 150 valence electrons. The molecule has 0 radical (unpaired) electrons. The summed E-state index contributed by atoms with van der Waals surface area (Å²) >= 11 is 0. The lowest BCUT2D eigenvalue weighted by Gasteiger charge is -2.33. The average Bonchev–Trinajstić information content (AvgIpc) is 3.38. The highest BCUT2D eigenvalue weighted by Crippen LogP contribution is 2.34. The second-order valence-electron chi connectivity index (χ2n) is 7.22. The fourth-order valence-corrected chi connectivity index (χ4v) is 4.07. The molecule has 3 aliphatic rings. The first-order valence-corrected chi connectivity index (χ1v) is 9.20. The third-order valence-electron chi connectivity index (χ3n) is 5.70. The van der Waals surface area contributed by atoms with E-state index in [2.05, 4.69) is 15.2 Å². The highest BCUT2D eigenvalue weighted by molar-refractivity contribution is 6.04. The maximum absolute atomic E-state index is 13.2. The zero-order valence-electron chi connectivity index (χ0n) is 15.9. The summed E-state index contributed by atoms with van der Waals surface area (Å²) in [5, 5.41) is 3.08. The minimum Gasteiger partial charge on any atom is -0.372 e. The summed E-state index contributed by atoms with van der Waals surface area (Å²) in [5.41, 5.74) is 2.05. The van der Waals surface area contributed by atoms with Gasteiger partial charge in [-0.3, -0.25) is 4.99 Å². The number of likely N-dealkylation sites (N-methyl/N-ethyl adjacent to an activating group) is 1. The number of urea groups is 1. The van der Waals surface area contributed by atoms with Gasteiger partial charge in [0.1, 0.15) is 11.9 Å². The van der Waals surface area contributed by atoms with E-state index in [-0.39, 0.29) is 19.0 Å². The largest absolute Gasteiger partial charge is 0.408 e. The third kappa shape index (κ3) is 3.77. The first-order chi connectivity index (χ1) is 12.7. The molecule has 3 rings (SSSR count). The van der Waals surface area contributed by atoms with E-state index in [9.17, 15) is 18.0 Å². The number of allylic oxidation sites excluding steroid dienone is 1. The van der Waals surface area contributed by atoms with Crippen LogP contribution in [-0.4, -0.2) is 78.6 Å². The predicted molar refractivity (Wildman–Crippen MR) is 97.3 cm³/mol. The summed E-state index contributed by atoms with van der Waals surface area (Å²) < 4.78 is 39.5. The topological polar surface area (TPSA) is 51.2 Å². The van der Waals surface area contributed by atoms with Crippen LogP contribution in [0.25, 0.3) is 0 Å². The number of carbonyl (C=O) groups excluding carboxylic acids is 1. The van der Waals surface area contributed by atoms with Gasteiger partial charge in [0.2, 0.25) is 0 Å². The van der Waals surface area contributed by atoms with Crippen molar-refractivity contribution in [1.82, 2.24) is 20.0 Å². The van der Waals surface area contributed by atoms with Crippen molar-refractivity contribution in [3.05, 3.63) is 23.5 Å². The Bertz CT molecular complexity index is 685. The molecule has 2 atom stereocenters. The molecule has 2 fully saturated rings. The van der Waals surface area contributed by atoms with Crippen LogP contribution < -0.4 is 5.32 Å². The van der Waals surface area contributed by atoms with Crippen molar-refractivity contribution in [2.75, 3.05) is 33.7 Å². The van der Waals surface area contributed by atoms with Gasteiger partial charge in [0.05, 0.1) is 6.04 Å². The molecule has 9 heteroatoms. The van der Waals surface area contributed by atoms with E-state index in [1.807, 2.05) is 19.2 Å². The lowest BCUT2D eigenvalue weighted by Crippen LogP contribution is -2.52. The number of nitrogens with zero attached hydrogens (tertiary/aromatic N) is 4. The Hall–Kier alpha value is -2.19. The Kier molecular flexibility index (Phi) is 5.39. The highest BCUT2D eigenvalue weighted by atomic mass is 19.4. The Labute approximate surface area is 157 Å². The van der Waals surface area contributed by atoms with Gasteiger partial charge in [0, 0.05) is 51.2 Å². The van der Waals surface area contributed by atoms with Crippen molar-refractivity contribution in [3.63, 3.8) is 0 Å². The Morgan fingerprint density at radius 3 is 2.74 bits per heavy atom. The first kappa shape index (κ1) is 19.6. The summed E-state index contributed by atoms with van der Waals surface area (Å²) in [5.74, 6) is 0.797. The number of nitrogens with one attached hydrogen (secondary N) is 1. The number of halogens is 3. The Balaban J connectivity index is 1.67. The summed E-state index contributed by atoms with van der Waals surface area (Å²) in [6, 6.07) is -2.29. The van der Waals surface area contributed by atoms with E-state index in [4.69, 9.17) is 0 Å². The fourth-order valence-electron chi connectivity index (χ4n) is 4.07. The summed E-state index contributed by atoms with van der Waals surface area (Å²) in [4.78, 5) is 21.5. The molecule has 2 saturated heterocycles. The molecule has 0 aromatic carbocycles. The van der Waals surface area contributed by atoms with E-state index in [1.54, 1.807) is 14.1 Å². The van der Waals surface area contributed by atoms with E-state index < -0.39 is 18.2 Å². The Morgan fingerprint density at radius 2 is 2.07 bits per heavy atom. The van der Waals surface area contributed by atoms with Gasteiger partial charge in [-0.05, 0) is 32.3 Å². The normalized spacial score (nSPS) is 28.9. The molecular formula is C18H26F3N5O. The lowest BCUT2D eigenvalue weighted by atomic mass is 10.2. The molecule has 0 aliphatic carbocycles. The van der Waals surface area contributed by atoms with E-state index >= 15 is 0 Å². The molecule has 3 heterocycles. The van der Waals surface area contributed by atoms with Gasteiger partial charge >= 0.3 is 12.2 Å². The minimum atomic E-state index is -4.37. The number of aliphatic imine (C=N–C) groups is 1. The van der Waals surface area contributed by atoms with Crippen LogP contribution in [0.1, 0.15) is 26.2 Å². The molecule has 27 heavy (non-hydrogen) atoms. The monoisotopic (exact) mass is 385 g/mol. The molecule has 1 unspecified atom stereocenters. The molecule has 6 nitrogen and oxygen atoms in total. The number of amidine groups is 1. The SMILES string of the molecule is CN=C1NC=C/C1=C(/C)N1CC[C@@H](N(C)C(=O)N2CCCC2C(F)(F)F)C1. The van der Waals surface area contributed by atoms with Gasteiger partial charge in [-0.15, -0.1) is 0 Å². The van der Waals surface area contributed by atoms with Gasteiger partial charge in [-0.25, -0.2) is 4.79 Å². The van der Waals surface area contributed by atoms with Crippen molar-refractivity contribution in [3.8, 4) is 0 Å². The van der Waals surface area contributed by atoms with Gasteiger partial charge in [-0.1, -0.05) is 0 Å². The van der Waals surface area contributed by atoms with Crippen molar-refractivity contribution in [1.29, 1.82) is 0 Å². The maximum Gasteiger partial charge on any atom is 0.408 e. The number of hydrogen-bond donors (Lipinski definition) is 1. The van der Waals surface area contributed by atoms with Crippen molar-refractivity contribution in [2.24, 2.45) is 4.99 Å². The smallest absolute Gasteiger partial charge is 0.372 e. The van der Waals surface area contributed by atoms with Crippen LogP contribution in [0.2, 0.25) is 0 Å². The average molecular weight is 385 g/mol. The number of rotatable bonds is 2. The molecule has 3 aliphatic heterocycles. The van der Waals surface area contributed by atoms with E-state index in [0.717, 1.165) is 35.0 Å². The van der Waals surface area contributed by atoms with Gasteiger partial charge in [0.15, 0.2) is 0 Å². The highest BCUT2D eigenvalue weighted by Gasteiger charge is 2.49.